The molecule has 0 aliphatic heterocycles. The standard InChI is InChI=1S/C17H18N2O3S/c1-17(2,3)22-16(20)18-10-11-8-9-14(23-11)15-19-12-6-4-5-7-13(12)21-15/h4-9H,10H2,1-3H3,(H,18,20). The number of carbonyl (C=O) groups is 1. The Balaban J connectivity index is 1.67. The van der Waals surface area contributed by atoms with E-state index in [-0.39, 0.29) is 0 Å². The number of benzene rings is 1. The lowest BCUT2D eigenvalue weighted by Crippen LogP contribution is -2.31. The Morgan fingerprint density at radius 3 is 2.78 bits per heavy atom. The maximum absolute atomic E-state index is 11.7. The van der Waals surface area contributed by atoms with Gasteiger partial charge in [-0.05, 0) is 45.0 Å². The van der Waals surface area contributed by atoms with Crippen molar-refractivity contribution in [1.29, 1.82) is 0 Å². The van der Waals surface area contributed by atoms with Crippen LogP contribution < -0.4 is 5.32 Å². The molecule has 2 heterocycles. The van der Waals surface area contributed by atoms with E-state index in [9.17, 15) is 4.79 Å². The molecular formula is C17H18N2O3S. The van der Waals surface area contributed by atoms with Crippen molar-refractivity contribution in [3.05, 3.63) is 41.3 Å². The summed E-state index contributed by atoms with van der Waals surface area (Å²) in [6.07, 6.45) is -0.422. The molecule has 0 spiro atoms. The van der Waals surface area contributed by atoms with Crippen LogP contribution in [0.3, 0.4) is 0 Å². The second kappa shape index (κ2) is 6.04. The largest absolute Gasteiger partial charge is 0.444 e. The number of rotatable bonds is 3. The van der Waals surface area contributed by atoms with Gasteiger partial charge >= 0.3 is 6.09 Å². The maximum atomic E-state index is 11.7. The van der Waals surface area contributed by atoms with Crippen LogP contribution in [0.2, 0.25) is 0 Å². The van der Waals surface area contributed by atoms with Crippen LogP contribution >= 0.6 is 11.3 Å². The molecule has 0 saturated carbocycles. The summed E-state index contributed by atoms with van der Waals surface area (Å²) in [4.78, 5) is 18.1. The Morgan fingerprint density at radius 2 is 2.04 bits per heavy atom. The Morgan fingerprint density at radius 1 is 1.26 bits per heavy atom. The molecule has 0 atom stereocenters. The van der Waals surface area contributed by atoms with Crippen molar-refractivity contribution in [3.63, 3.8) is 0 Å². The summed E-state index contributed by atoms with van der Waals surface area (Å²) in [6, 6.07) is 11.6. The molecule has 3 aromatic rings. The van der Waals surface area contributed by atoms with Crippen molar-refractivity contribution >= 4 is 28.5 Å². The van der Waals surface area contributed by atoms with Crippen LogP contribution in [0.5, 0.6) is 0 Å². The molecule has 5 nitrogen and oxygen atoms in total. The highest BCUT2D eigenvalue weighted by atomic mass is 32.1. The van der Waals surface area contributed by atoms with E-state index in [2.05, 4.69) is 10.3 Å². The monoisotopic (exact) mass is 330 g/mol. The molecule has 0 unspecified atom stereocenters. The molecule has 1 N–H and O–H groups in total. The van der Waals surface area contributed by atoms with Crippen LogP contribution in [0.4, 0.5) is 4.79 Å². The number of nitrogens with zero attached hydrogens (tertiary/aromatic N) is 1. The minimum atomic E-state index is -0.497. The molecule has 6 heteroatoms. The third-order valence-corrected chi connectivity index (χ3v) is 4.05. The molecule has 0 aliphatic carbocycles. The van der Waals surface area contributed by atoms with E-state index >= 15 is 0 Å². The fraction of sp³-hybridized carbons (Fsp3) is 0.294. The highest BCUT2D eigenvalue weighted by molar-refractivity contribution is 7.15. The topological polar surface area (TPSA) is 64.4 Å². The summed E-state index contributed by atoms with van der Waals surface area (Å²) in [5.41, 5.74) is 1.11. The number of thiophene rings is 1. The van der Waals surface area contributed by atoms with Gasteiger partial charge in [-0.3, -0.25) is 0 Å². The van der Waals surface area contributed by atoms with E-state index < -0.39 is 11.7 Å². The van der Waals surface area contributed by atoms with Gasteiger partial charge in [-0.25, -0.2) is 9.78 Å². The average molecular weight is 330 g/mol. The number of oxazole rings is 1. The molecule has 1 aromatic carbocycles. The normalized spacial score (nSPS) is 11.6. The zero-order chi connectivity index (χ0) is 16.4. The lowest BCUT2D eigenvalue weighted by Gasteiger charge is -2.19. The number of hydrogen-bond acceptors (Lipinski definition) is 5. The molecular weight excluding hydrogens is 312 g/mol. The molecule has 3 rings (SSSR count). The number of fused-ring (bicyclic) bond motifs is 1. The minimum absolute atomic E-state index is 0.416. The summed E-state index contributed by atoms with van der Waals surface area (Å²) in [6.45, 7) is 5.93. The van der Waals surface area contributed by atoms with Crippen molar-refractivity contribution in [2.75, 3.05) is 0 Å². The summed E-state index contributed by atoms with van der Waals surface area (Å²) in [5, 5.41) is 2.75. The molecule has 1 amide bonds. The smallest absolute Gasteiger partial charge is 0.407 e. The van der Waals surface area contributed by atoms with E-state index in [1.165, 1.54) is 11.3 Å². The first-order chi connectivity index (χ1) is 10.9. The van der Waals surface area contributed by atoms with Crippen LogP contribution in [-0.4, -0.2) is 16.7 Å². The third kappa shape index (κ3) is 3.90. The van der Waals surface area contributed by atoms with Crippen LogP contribution in [-0.2, 0) is 11.3 Å². The van der Waals surface area contributed by atoms with Gasteiger partial charge in [-0.15, -0.1) is 11.3 Å². The Bertz CT molecular complexity index is 797. The lowest BCUT2D eigenvalue weighted by atomic mass is 10.2. The van der Waals surface area contributed by atoms with E-state index in [4.69, 9.17) is 9.15 Å². The number of hydrogen-bond donors (Lipinski definition) is 1. The minimum Gasteiger partial charge on any atom is -0.444 e. The first kappa shape index (κ1) is 15.6. The molecule has 120 valence electrons. The predicted molar refractivity (Wildman–Crippen MR) is 90.4 cm³/mol. The first-order valence-electron chi connectivity index (χ1n) is 7.32. The Hall–Kier alpha value is -2.34. The van der Waals surface area contributed by atoms with Gasteiger partial charge < -0.3 is 14.5 Å². The molecule has 2 aromatic heterocycles. The zero-order valence-corrected chi connectivity index (χ0v) is 14.1. The predicted octanol–water partition coefficient (Wildman–Crippen LogP) is 4.58. The summed E-state index contributed by atoms with van der Waals surface area (Å²) < 4.78 is 11.0. The Labute approximate surface area is 138 Å². The van der Waals surface area contributed by atoms with E-state index in [0.717, 1.165) is 20.9 Å². The Kier molecular flexibility index (Phi) is 4.09. The van der Waals surface area contributed by atoms with Crippen LogP contribution in [0.1, 0.15) is 25.6 Å². The van der Waals surface area contributed by atoms with Crippen molar-refractivity contribution in [2.24, 2.45) is 0 Å². The quantitative estimate of drug-likeness (QED) is 0.763. The third-order valence-electron chi connectivity index (χ3n) is 2.97. The van der Waals surface area contributed by atoms with Crippen molar-refractivity contribution in [2.45, 2.75) is 32.9 Å². The van der Waals surface area contributed by atoms with Gasteiger partial charge in [-0.2, -0.15) is 0 Å². The summed E-state index contributed by atoms with van der Waals surface area (Å²) in [7, 11) is 0. The number of nitrogens with one attached hydrogen (secondary N) is 1. The van der Waals surface area contributed by atoms with Crippen molar-refractivity contribution in [3.8, 4) is 10.8 Å². The van der Waals surface area contributed by atoms with Gasteiger partial charge in [0.2, 0.25) is 5.89 Å². The molecule has 0 saturated heterocycles. The number of aromatic nitrogens is 1. The van der Waals surface area contributed by atoms with Gasteiger partial charge in [0.15, 0.2) is 5.58 Å². The van der Waals surface area contributed by atoms with E-state index in [1.54, 1.807) is 0 Å². The molecule has 0 aliphatic rings. The number of alkyl carbamates (subject to hydrolysis) is 1. The fourth-order valence-electron chi connectivity index (χ4n) is 2.04. The average Bonchev–Trinajstić information content (AvgIpc) is 3.09. The van der Waals surface area contributed by atoms with Crippen LogP contribution in [0.25, 0.3) is 21.9 Å². The van der Waals surface area contributed by atoms with Gasteiger partial charge in [0.1, 0.15) is 11.1 Å². The highest BCUT2D eigenvalue weighted by Crippen LogP contribution is 2.30. The summed E-state index contributed by atoms with van der Waals surface area (Å²) in [5.74, 6) is 0.597. The number of amides is 1. The number of carbonyl (C=O) groups excluding carboxylic acids is 1. The van der Waals surface area contributed by atoms with E-state index in [0.29, 0.717) is 12.4 Å². The second-order valence-corrected chi connectivity index (χ2v) is 7.28. The van der Waals surface area contributed by atoms with Crippen molar-refractivity contribution in [1.82, 2.24) is 10.3 Å². The number of para-hydroxylation sites is 2. The molecule has 23 heavy (non-hydrogen) atoms. The zero-order valence-electron chi connectivity index (χ0n) is 13.3. The van der Waals surface area contributed by atoms with Gasteiger partial charge in [-0.1, -0.05) is 12.1 Å². The molecule has 0 radical (unpaired) electrons. The first-order valence-corrected chi connectivity index (χ1v) is 8.14. The second-order valence-electron chi connectivity index (χ2n) is 6.11. The molecule has 0 bridgehead atoms. The lowest BCUT2D eigenvalue weighted by molar-refractivity contribution is 0.0524. The fourth-order valence-corrected chi connectivity index (χ4v) is 2.91. The van der Waals surface area contributed by atoms with Gasteiger partial charge in [0.05, 0.1) is 11.4 Å². The van der Waals surface area contributed by atoms with Crippen LogP contribution in [0.15, 0.2) is 40.8 Å². The number of ether oxygens (including phenoxy) is 1. The summed E-state index contributed by atoms with van der Waals surface area (Å²) >= 11 is 1.53. The SMILES string of the molecule is CC(C)(C)OC(=O)NCc1ccc(-c2nc3ccccc3o2)s1. The van der Waals surface area contributed by atoms with E-state index in [1.807, 2.05) is 57.2 Å². The van der Waals surface area contributed by atoms with Gasteiger partial charge in [0.25, 0.3) is 0 Å². The maximum Gasteiger partial charge on any atom is 0.407 e. The highest BCUT2D eigenvalue weighted by Gasteiger charge is 2.16. The van der Waals surface area contributed by atoms with Crippen molar-refractivity contribution < 1.29 is 13.9 Å². The van der Waals surface area contributed by atoms with Crippen LogP contribution in [0, 0.1) is 0 Å². The molecule has 0 fully saturated rings. The van der Waals surface area contributed by atoms with Gasteiger partial charge in [0, 0.05) is 4.88 Å².